The zero-order valence-electron chi connectivity index (χ0n) is 33.3. The molecule has 0 aromatic heterocycles. The SMILES string of the molecule is CC1(C)c2ccccc2-c2ccc(-c3ccccc3N(c3ccc(-c4ccccc4)cc3)c3ccc(-c4ccc5c(c4)C4C=CC=CC4N5c4ccccc4)cc3)cc21. The number of para-hydroxylation sites is 2. The lowest BCUT2D eigenvalue weighted by Gasteiger charge is -2.29. The van der Waals surface area contributed by atoms with Crippen molar-refractivity contribution in [2.24, 2.45) is 0 Å². The third kappa shape index (κ3) is 5.86. The molecule has 0 saturated carbocycles. The van der Waals surface area contributed by atoms with Crippen molar-refractivity contribution >= 4 is 28.4 Å². The molecule has 2 atom stereocenters. The van der Waals surface area contributed by atoms with Gasteiger partial charge in [0.2, 0.25) is 0 Å². The number of anilines is 5. The normalized spacial score (nSPS) is 16.6. The molecule has 8 aromatic rings. The first-order valence-electron chi connectivity index (χ1n) is 20.8. The lowest BCUT2D eigenvalue weighted by Crippen LogP contribution is -2.28. The van der Waals surface area contributed by atoms with Gasteiger partial charge in [0.1, 0.15) is 0 Å². The number of nitrogens with zero attached hydrogens (tertiary/aromatic N) is 2. The molecular weight excluding hydrogens is 713 g/mol. The molecular formula is C57H44N2. The summed E-state index contributed by atoms with van der Waals surface area (Å²) in [5, 5.41) is 0. The quantitative estimate of drug-likeness (QED) is 0.160. The van der Waals surface area contributed by atoms with Crippen LogP contribution in [0.3, 0.4) is 0 Å². The van der Waals surface area contributed by atoms with Gasteiger partial charge in [-0.3, -0.25) is 0 Å². The highest BCUT2D eigenvalue weighted by atomic mass is 15.2. The summed E-state index contributed by atoms with van der Waals surface area (Å²) in [6, 6.07) is 71.7. The zero-order valence-corrected chi connectivity index (χ0v) is 33.3. The first kappa shape index (κ1) is 35.0. The average Bonchev–Trinajstić information content (AvgIpc) is 3.75. The van der Waals surface area contributed by atoms with Crippen LogP contribution in [-0.4, -0.2) is 6.04 Å². The van der Waals surface area contributed by atoms with Gasteiger partial charge in [0.05, 0.1) is 11.7 Å². The molecule has 0 bridgehead atoms. The molecule has 8 aromatic carbocycles. The highest BCUT2D eigenvalue weighted by Crippen LogP contribution is 2.52. The number of allylic oxidation sites excluding steroid dienone is 2. The van der Waals surface area contributed by atoms with Crippen LogP contribution in [0.5, 0.6) is 0 Å². The highest BCUT2D eigenvalue weighted by molar-refractivity contribution is 5.91. The maximum Gasteiger partial charge on any atom is 0.0629 e. The molecule has 2 heteroatoms. The summed E-state index contributed by atoms with van der Waals surface area (Å²) in [4.78, 5) is 4.91. The van der Waals surface area contributed by atoms with Crippen LogP contribution in [0.1, 0.15) is 36.5 Å². The van der Waals surface area contributed by atoms with Crippen LogP contribution in [0, 0.1) is 0 Å². The largest absolute Gasteiger partial charge is 0.333 e. The Morgan fingerprint density at radius 2 is 1.00 bits per heavy atom. The second-order valence-corrected chi connectivity index (χ2v) is 16.5. The van der Waals surface area contributed by atoms with Gasteiger partial charge in [0, 0.05) is 39.6 Å². The molecule has 2 unspecified atom stereocenters. The van der Waals surface area contributed by atoms with Crippen molar-refractivity contribution in [2.45, 2.75) is 31.2 Å². The Morgan fingerprint density at radius 1 is 0.441 bits per heavy atom. The van der Waals surface area contributed by atoms with Crippen LogP contribution in [0.2, 0.25) is 0 Å². The van der Waals surface area contributed by atoms with E-state index in [2.05, 4.69) is 242 Å². The van der Waals surface area contributed by atoms with E-state index >= 15 is 0 Å². The van der Waals surface area contributed by atoms with Crippen molar-refractivity contribution < 1.29 is 0 Å². The third-order valence-corrected chi connectivity index (χ3v) is 12.8. The van der Waals surface area contributed by atoms with Gasteiger partial charge in [-0.1, -0.05) is 172 Å². The van der Waals surface area contributed by atoms with E-state index in [-0.39, 0.29) is 11.5 Å². The molecule has 1 heterocycles. The summed E-state index contributed by atoms with van der Waals surface area (Å²) in [7, 11) is 0. The van der Waals surface area contributed by atoms with E-state index in [1.165, 1.54) is 72.6 Å². The Morgan fingerprint density at radius 3 is 1.75 bits per heavy atom. The first-order chi connectivity index (χ1) is 29.0. The summed E-state index contributed by atoms with van der Waals surface area (Å²) in [5.41, 5.74) is 19.9. The average molecular weight is 757 g/mol. The molecule has 3 aliphatic rings. The number of benzene rings is 8. The Bertz CT molecular complexity index is 2900. The van der Waals surface area contributed by atoms with Crippen molar-refractivity contribution in [3.05, 3.63) is 235 Å². The summed E-state index contributed by atoms with van der Waals surface area (Å²) >= 11 is 0. The van der Waals surface area contributed by atoms with E-state index in [4.69, 9.17) is 0 Å². The minimum Gasteiger partial charge on any atom is -0.333 e. The van der Waals surface area contributed by atoms with Crippen molar-refractivity contribution in [2.75, 3.05) is 9.80 Å². The number of hydrogen-bond donors (Lipinski definition) is 0. The maximum absolute atomic E-state index is 2.49. The van der Waals surface area contributed by atoms with E-state index in [1.54, 1.807) is 0 Å². The fourth-order valence-corrected chi connectivity index (χ4v) is 9.86. The third-order valence-electron chi connectivity index (χ3n) is 12.8. The molecule has 11 rings (SSSR count). The zero-order chi connectivity index (χ0) is 39.5. The van der Waals surface area contributed by atoms with E-state index in [9.17, 15) is 0 Å². The fourth-order valence-electron chi connectivity index (χ4n) is 9.86. The van der Waals surface area contributed by atoms with Gasteiger partial charge < -0.3 is 9.80 Å². The molecule has 282 valence electrons. The highest BCUT2D eigenvalue weighted by Gasteiger charge is 2.38. The van der Waals surface area contributed by atoms with Gasteiger partial charge in [-0.15, -0.1) is 0 Å². The van der Waals surface area contributed by atoms with Crippen molar-refractivity contribution in [3.8, 4) is 44.5 Å². The smallest absolute Gasteiger partial charge is 0.0629 e. The van der Waals surface area contributed by atoms with Crippen LogP contribution >= 0.6 is 0 Å². The molecule has 0 fully saturated rings. The fraction of sp³-hybridized carbons (Fsp3) is 0.0877. The topological polar surface area (TPSA) is 6.48 Å². The van der Waals surface area contributed by atoms with Gasteiger partial charge in [-0.05, 0) is 116 Å². The van der Waals surface area contributed by atoms with Crippen molar-refractivity contribution in [1.29, 1.82) is 0 Å². The van der Waals surface area contributed by atoms with Gasteiger partial charge in [-0.25, -0.2) is 0 Å². The molecule has 2 aliphatic carbocycles. The van der Waals surface area contributed by atoms with E-state index in [0.717, 1.165) is 17.1 Å². The summed E-state index contributed by atoms with van der Waals surface area (Å²) < 4.78 is 0. The number of rotatable bonds is 7. The lowest BCUT2D eigenvalue weighted by molar-refractivity contribution is 0.660. The molecule has 1 aliphatic heterocycles. The maximum atomic E-state index is 2.49. The van der Waals surface area contributed by atoms with Gasteiger partial charge >= 0.3 is 0 Å². The van der Waals surface area contributed by atoms with E-state index in [0.29, 0.717) is 5.92 Å². The number of hydrogen-bond acceptors (Lipinski definition) is 2. The molecule has 0 N–H and O–H groups in total. The predicted molar refractivity (Wildman–Crippen MR) is 248 cm³/mol. The molecule has 0 radical (unpaired) electrons. The van der Waals surface area contributed by atoms with Crippen LogP contribution in [0.15, 0.2) is 218 Å². The summed E-state index contributed by atoms with van der Waals surface area (Å²) in [6.07, 6.45) is 9.08. The number of fused-ring (bicyclic) bond motifs is 6. The Labute approximate surface area is 347 Å². The Kier molecular flexibility index (Phi) is 8.34. The lowest BCUT2D eigenvalue weighted by atomic mass is 9.81. The second-order valence-electron chi connectivity index (χ2n) is 16.5. The Hall–Kier alpha value is -7.16. The van der Waals surface area contributed by atoms with Crippen LogP contribution in [-0.2, 0) is 5.41 Å². The van der Waals surface area contributed by atoms with Crippen LogP contribution in [0.4, 0.5) is 28.4 Å². The standard InChI is InChI=1S/C57H44N2/c1-57(2)52-22-12-9-20-48(52)49-35-29-43(38-53(49)57)47-19-10-13-23-54(47)58(45-31-25-40(26-32-45)39-15-5-3-6-16-39)46-33-27-41(28-34-46)42-30-36-56-51(37-42)50-21-11-14-24-55(50)59(56)44-17-7-4-8-18-44/h3-38,50,55H,1-2H3. The van der Waals surface area contributed by atoms with Crippen molar-refractivity contribution in [3.63, 3.8) is 0 Å². The molecule has 2 nitrogen and oxygen atoms in total. The molecule has 0 saturated heterocycles. The Balaban J connectivity index is 0.997. The minimum atomic E-state index is -0.0814. The van der Waals surface area contributed by atoms with Gasteiger partial charge in [-0.2, -0.15) is 0 Å². The van der Waals surface area contributed by atoms with Crippen LogP contribution in [0.25, 0.3) is 44.5 Å². The van der Waals surface area contributed by atoms with E-state index in [1.807, 2.05) is 0 Å². The van der Waals surface area contributed by atoms with Crippen molar-refractivity contribution in [1.82, 2.24) is 0 Å². The molecule has 59 heavy (non-hydrogen) atoms. The van der Waals surface area contributed by atoms with E-state index < -0.39 is 0 Å². The van der Waals surface area contributed by atoms with Gasteiger partial charge in [0.25, 0.3) is 0 Å². The monoisotopic (exact) mass is 756 g/mol. The molecule has 0 spiro atoms. The second kappa shape index (κ2) is 14.0. The predicted octanol–water partition coefficient (Wildman–Crippen LogP) is 15.2. The molecule has 0 amide bonds. The summed E-state index contributed by atoms with van der Waals surface area (Å²) in [6.45, 7) is 4.72. The van der Waals surface area contributed by atoms with Crippen LogP contribution < -0.4 is 9.80 Å². The van der Waals surface area contributed by atoms with Gasteiger partial charge in [0.15, 0.2) is 0 Å². The summed E-state index contributed by atoms with van der Waals surface area (Å²) in [5.74, 6) is 0.305. The minimum absolute atomic E-state index is 0.0814. The first-order valence-corrected chi connectivity index (χ1v) is 20.8.